The van der Waals surface area contributed by atoms with Crippen molar-refractivity contribution in [3.63, 3.8) is 0 Å². The molecule has 0 aromatic carbocycles. The minimum atomic E-state index is -1.04. The molecule has 5 heteroatoms. The summed E-state index contributed by atoms with van der Waals surface area (Å²) in [5.74, 6) is -1.04. The molecule has 0 heterocycles. The maximum Gasteiger partial charge on any atom is 0.323 e. The van der Waals surface area contributed by atoms with Gasteiger partial charge < -0.3 is 15.3 Å². The zero-order valence-corrected chi connectivity index (χ0v) is 8.32. The van der Waals surface area contributed by atoms with Crippen molar-refractivity contribution in [3.05, 3.63) is 12.7 Å². The monoisotopic (exact) mass is 200 g/mol. The zero-order valence-electron chi connectivity index (χ0n) is 8.32. The van der Waals surface area contributed by atoms with Gasteiger partial charge >= 0.3 is 12.0 Å². The lowest BCUT2D eigenvalue weighted by molar-refractivity contribution is -0.135. The number of aliphatic carboxylic acids is 1. The van der Waals surface area contributed by atoms with Crippen molar-refractivity contribution in [2.24, 2.45) is 0 Å². The highest BCUT2D eigenvalue weighted by Crippen LogP contribution is 1.93. The predicted molar refractivity (Wildman–Crippen MR) is 53.1 cm³/mol. The van der Waals surface area contributed by atoms with Gasteiger partial charge in [0.05, 0.1) is 0 Å². The fourth-order valence-corrected chi connectivity index (χ4v) is 0.861. The van der Waals surface area contributed by atoms with E-state index < -0.39 is 5.97 Å². The molecule has 0 saturated heterocycles. The third kappa shape index (κ3) is 6.05. The first kappa shape index (κ1) is 12.5. The molecule has 14 heavy (non-hydrogen) atoms. The first-order chi connectivity index (χ1) is 6.57. The molecule has 0 aliphatic rings. The fourth-order valence-electron chi connectivity index (χ4n) is 0.861. The molecule has 0 aliphatic carbocycles. The second-order valence-electron chi connectivity index (χ2n) is 2.90. The Morgan fingerprint density at radius 2 is 2.21 bits per heavy atom. The van der Waals surface area contributed by atoms with Crippen molar-refractivity contribution in [2.75, 3.05) is 20.1 Å². The number of carbonyl (C=O) groups is 2. The number of amides is 2. The Hall–Kier alpha value is -1.52. The van der Waals surface area contributed by atoms with E-state index in [0.717, 1.165) is 12.8 Å². The summed E-state index contributed by atoms with van der Waals surface area (Å²) in [6.45, 7) is 3.82. The normalized spacial score (nSPS) is 9.21. The molecular formula is C9H16N2O3. The van der Waals surface area contributed by atoms with Crippen LogP contribution in [-0.2, 0) is 4.79 Å². The number of rotatable bonds is 6. The number of hydrogen-bond donors (Lipinski definition) is 2. The Morgan fingerprint density at radius 3 is 2.71 bits per heavy atom. The van der Waals surface area contributed by atoms with Gasteiger partial charge in [0.25, 0.3) is 0 Å². The maximum absolute atomic E-state index is 11.2. The molecule has 80 valence electrons. The number of nitrogens with one attached hydrogen (secondary N) is 1. The van der Waals surface area contributed by atoms with Gasteiger partial charge in [0.1, 0.15) is 6.54 Å². The minimum Gasteiger partial charge on any atom is -0.480 e. The number of urea groups is 1. The third-order valence-corrected chi connectivity index (χ3v) is 1.64. The van der Waals surface area contributed by atoms with Crippen molar-refractivity contribution in [1.82, 2.24) is 10.2 Å². The number of hydrogen-bond acceptors (Lipinski definition) is 2. The highest BCUT2D eigenvalue weighted by atomic mass is 16.4. The van der Waals surface area contributed by atoms with Gasteiger partial charge in [-0.25, -0.2) is 4.79 Å². The Balaban J connectivity index is 3.64. The SMILES string of the molecule is C=CCCCN(C)C(=O)NCC(=O)O. The summed E-state index contributed by atoms with van der Waals surface area (Å²) in [6.07, 6.45) is 3.46. The van der Waals surface area contributed by atoms with Crippen molar-refractivity contribution in [2.45, 2.75) is 12.8 Å². The van der Waals surface area contributed by atoms with Gasteiger partial charge in [-0.2, -0.15) is 0 Å². The van der Waals surface area contributed by atoms with Crippen LogP contribution in [0.1, 0.15) is 12.8 Å². The Kier molecular flexibility index (Phi) is 6.19. The Bertz CT molecular complexity index is 216. The van der Waals surface area contributed by atoms with Crippen molar-refractivity contribution in [1.29, 1.82) is 0 Å². The summed E-state index contributed by atoms with van der Waals surface area (Å²) < 4.78 is 0. The standard InChI is InChI=1S/C9H16N2O3/c1-3-4-5-6-11(2)9(14)10-7-8(12)13/h3H,1,4-7H2,2H3,(H,10,14)(H,12,13). The second kappa shape index (κ2) is 6.94. The van der Waals surface area contributed by atoms with E-state index in [1.54, 1.807) is 13.1 Å². The Labute approximate surface area is 83.4 Å². The topological polar surface area (TPSA) is 69.6 Å². The lowest BCUT2D eigenvalue weighted by Gasteiger charge is -2.16. The number of nitrogens with zero attached hydrogens (tertiary/aromatic N) is 1. The number of carboxylic acid groups (broad SMARTS) is 1. The van der Waals surface area contributed by atoms with Gasteiger partial charge in [0.2, 0.25) is 0 Å². The van der Waals surface area contributed by atoms with Gasteiger partial charge in [-0.3, -0.25) is 4.79 Å². The quantitative estimate of drug-likeness (QED) is 0.489. The van der Waals surface area contributed by atoms with Gasteiger partial charge in [0.15, 0.2) is 0 Å². The zero-order chi connectivity index (χ0) is 11.0. The minimum absolute atomic E-state index is 0.343. The summed E-state index contributed by atoms with van der Waals surface area (Å²) in [7, 11) is 1.63. The molecule has 0 unspecified atom stereocenters. The molecule has 0 atom stereocenters. The van der Waals surface area contributed by atoms with Crippen molar-refractivity contribution < 1.29 is 14.7 Å². The van der Waals surface area contributed by atoms with Gasteiger partial charge in [-0.05, 0) is 12.8 Å². The lowest BCUT2D eigenvalue weighted by atomic mass is 10.3. The van der Waals surface area contributed by atoms with E-state index >= 15 is 0 Å². The van der Waals surface area contributed by atoms with E-state index in [4.69, 9.17) is 5.11 Å². The molecule has 0 rings (SSSR count). The van der Waals surface area contributed by atoms with Gasteiger partial charge in [-0.15, -0.1) is 6.58 Å². The van der Waals surface area contributed by atoms with E-state index in [0.29, 0.717) is 6.54 Å². The van der Waals surface area contributed by atoms with E-state index in [1.807, 2.05) is 0 Å². The van der Waals surface area contributed by atoms with Crippen LogP contribution in [0, 0.1) is 0 Å². The fraction of sp³-hybridized carbons (Fsp3) is 0.556. The molecule has 5 nitrogen and oxygen atoms in total. The van der Waals surface area contributed by atoms with Crippen LogP contribution < -0.4 is 5.32 Å². The summed E-state index contributed by atoms with van der Waals surface area (Å²) in [4.78, 5) is 22.8. The number of carbonyl (C=O) groups excluding carboxylic acids is 1. The first-order valence-electron chi connectivity index (χ1n) is 4.39. The molecule has 0 spiro atoms. The third-order valence-electron chi connectivity index (χ3n) is 1.64. The molecular weight excluding hydrogens is 184 g/mol. The van der Waals surface area contributed by atoms with Crippen molar-refractivity contribution >= 4 is 12.0 Å². The predicted octanol–water partition coefficient (Wildman–Crippen LogP) is 0.679. The van der Waals surface area contributed by atoms with Crippen LogP contribution in [0.5, 0.6) is 0 Å². The maximum atomic E-state index is 11.2. The van der Waals surface area contributed by atoms with Crippen LogP contribution >= 0.6 is 0 Å². The number of allylic oxidation sites excluding steroid dienone is 1. The number of unbranched alkanes of at least 4 members (excludes halogenated alkanes) is 1. The smallest absolute Gasteiger partial charge is 0.323 e. The van der Waals surface area contributed by atoms with E-state index in [2.05, 4.69) is 11.9 Å². The van der Waals surface area contributed by atoms with E-state index in [9.17, 15) is 9.59 Å². The van der Waals surface area contributed by atoms with Gasteiger partial charge in [-0.1, -0.05) is 6.08 Å². The van der Waals surface area contributed by atoms with Crippen LogP contribution in [0.15, 0.2) is 12.7 Å². The molecule has 0 saturated carbocycles. The summed E-state index contributed by atoms with van der Waals surface area (Å²) in [5, 5.41) is 10.6. The summed E-state index contributed by atoms with van der Waals surface area (Å²) in [5.41, 5.74) is 0. The van der Waals surface area contributed by atoms with Gasteiger partial charge in [0, 0.05) is 13.6 Å². The van der Waals surface area contributed by atoms with Crippen LogP contribution in [0.25, 0.3) is 0 Å². The number of carboxylic acids is 1. The molecule has 0 aromatic rings. The van der Waals surface area contributed by atoms with Crippen molar-refractivity contribution in [3.8, 4) is 0 Å². The van der Waals surface area contributed by atoms with Crippen LogP contribution in [0.3, 0.4) is 0 Å². The van der Waals surface area contributed by atoms with E-state index in [-0.39, 0.29) is 12.6 Å². The van der Waals surface area contributed by atoms with E-state index in [1.165, 1.54) is 4.90 Å². The highest BCUT2D eigenvalue weighted by Gasteiger charge is 2.07. The molecule has 0 radical (unpaired) electrons. The molecule has 0 bridgehead atoms. The van der Waals surface area contributed by atoms with Crippen LogP contribution in [0.2, 0.25) is 0 Å². The van der Waals surface area contributed by atoms with Crippen LogP contribution in [0.4, 0.5) is 4.79 Å². The highest BCUT2D eigenvalue weighted by molar-refractivity contribution is 5.79. The largest absolute Gasteiger partial charge is 0.480 e. The molecule has 0 aliphatic heterocycles. The summed E-state index contributed by atoms with van der Waals surface area (Å²) >= 11 is 0. The average molecular weight is 200 g/mol. The second-order valence-corrected chi connectivity index (χ2v) is 2.90. The lowest BCUT2D eigenvalue weighted by Crippen LogP contribution is -2.40. The molecule has 2 N–H and O–H groups in total. The summed E-state index contributed by atoms with van der Waals surface area (Å²) in [6, 6.07) is -0.364. The molecule has 0 aromatic heterocycles. The first-order valence-corrected chi connectivity index (χ1v) is 4.39. The van der Waals surface area contributed by atoms with Crippen LogP contribution in [-0.4, -0.2) is 42.1 Å². The molecule has 2 amide bonds. The average Bonchev–Trinajstić information content (AvgIpc) is 2.14. The Morgan fingerprint density at radius 1 is 1.57 bits per heavy atom. The molecule has 0 fully saturated rings.